The summed E-state index contributed by atoms with van der Waals surface area (Å²) in [7, 11) is 0. The molecule has 11 aromatic rings. The summed E-state index contributed by atoms with van der Waals surface area (Å²) in [5.41, 5.74) is 5.06. The lowest BCUT2D eigenvalue weighted by atomic mass is 9.84. The summed E-state index contributed by atoms with van der Waals surface area (Å²) < 4.78 is 0. The van der Waals surface area contributed by atoms with Gasteiger partial charge < -0.3 is 0 Å². The van der Waals surface area contributed by atoms with Gasteiger partial charge in [-0.15, -0.1) is 0 Å². The van der Waals surface area contributed by atoms with Crippen LogP contribution in [-0.4, -0.2) is 0 Å². The Morgan fingerprint density at radius 1 is 0.160 bits per heavy atom. The molecule has 11 rings (SSSR count). The second-order valence-electron chi connectivity index (χ2n) is 13.5. The SMILES string of the molecule is c1ccc2c(-c3ccc4c5ccccc5c5ccccc5c4c3)c3ccccc3c(-c3ccc4c5ccccc5c5ccccc5c4c3)c2c1. The van der Waals surface area contributed by atoms with Crippen LogP contribution in [0.1, 0.15) is 0 Å². The summed E-state index contributed by atoms with van der Waals surface area (Å²) >= 11 is 0. The first kappa shape index (κ1) is 27.5. The average molecular weight is 631 g/mol. The van der Waals surface area contributed by atoms with Gasteiger partial charge in [0, 0.05) is 0 Å². The summed E-state index contributed by atoms with van der Waals surface area (Å²) in [4.78, 5) is 0. The molecule has 0 aliphatic carbocycles. The fourth-order valence-electron chi connectivity index (χ4n) is 8.88. The Kier molecular flexibility index (Phi) is 5.76. The van der Waals surface area contributed by atoms with Gasteiger partial charge in [-0.05, 0) is 121 Å². The van der Waals surface area contributed by atoms with Crippen LogP contribution >= 0.6 is 0 Å². The van der Waals surface area contributed by atoms with Crippen LogP contribution < -0.4 is 0 Å². The molecule has 0 aromatic heterocycles. The van der Waals surface area contributed by atoms with Crippen LogP contribution in [-0.2, 0) is 0 Å². The highest BCUT2D eigenvalue weighted by Crippen LogP contribution is 2.46. The summed E-state index contributed by atoms with van der Waals surface area (Å²) in [6, 6.07) is 67.6. The summed E-state index contributed by atoms with van der Waals surface area (Å²) in [6.07, 6.45) is 0. The number of benzene rings is 11. The van der Waals surface area contributed by atoms with E-state index in [1.54, 1.807) is 0 Å². The van der Waals surface area contributed by atoms with Crippen LogP contribution in [0.15, 0.2) is 182 Å². The van der Waals surface area contributed by atoms with Gasteiger partial charge in [0.25, 0.3) is 0 Å². The van der Waals surface area contributed by atoms with Gasteiger partial charge >= 0.3 is 0 Å². The number of rotatable bonds is 2. The lowest BCUT2D eigenvalue weighted by molar-refractivity contribution is 1.69. The molecule has 50 heavy (non-hydrogen) atoms. The Hall–Kier alpha value is -6.50. The first-order valence-electron chi connectivity index (χ1n) is 17.4. The van der Waals surface area contributed by atoms with Crippen LogP contribution in [0.5, 0.6) is 0 Å². The minimum Gasteiger partial charge on any atom is -0.0616 e. The van der Waals surface area contributed by atoms with Crippen molar-refractivity contribution in [2.45, 2.75) is 0 Å². The molecule has 230 valence electrons. The standard InChI is InChI=1S/C50H30/c1-3-17-37-33(13-1)35-15-5-7-19-39(35)47-29-31(25-27-41(37)47)49-43-21-9-11-23-45(43)50(46-24-12-10-22-44(46)49)32-26-28-42-38-18-4-2-14-34(38)36-16-6-8-20-40(36)48(42)30-32/h1-30H. The van der Waals surface area contributed by atoms with Gasteiger partial charge in [-0.25, -0.2) is 0 Å². The van der Waals surface area contributed by atoms with Crippen molar-refractivity contribution in [1.29, 1.82) is 0 Å². The van der Waals surface area contributed by atoms with E-state index in [1.165, 1.54) is 108 Å². The molecule has 0 aliphatic rings. The second-order valence-corrected chi connectivity index (χ2v) is 13.5. The van der Waals surface area contributed by atoms with Crippen molar-refractivity contribution in [3.63, 3.8) is 0 Å². The normalized spacial score (nSPS) is 12.0. The number of fused-ring (bicyclic) bond motifs is 14. The average Bonchev–Trinajstić information content (AvgIpc) is 3.20. The molecule has 0 heteroatoms. The van der Waals surface area contributed by atoms with E-state index in [4.69, 9.17) is 0 Å². The van der Waals surface area contributed by atoms with Crippen LogP contribution in [0, 0.1) is 0 Å². The van der Waals surface area contributed by atoms with Gasteiger partial charge in [0.05, 0.1) is 0 Å². The van der Waals surface area contributed by atoms with E-state index in [1.807, 2.05) is 0 Å². The largest absolute Gasteiger partial charge is 0.0616 e. The zero-order chi connectivity index (χ0) is 32.8. The van der Waals surface area contributed by atoms with Crippen molar-refractivity contribution in [2.75, 3.05) is 0 Å². The maximum atomic E-state index is 2.44. The molecule has 0 heterocycles. The Morgan fingerprint density at radius 3 is 0.620 bits per heavy atom. The van der Waals surface area contributed by atoms with Gasteiger partial charge in [0.1, 0.15) is 0 Å². The molecular formula is C50H30. The lowest BCUT2D eigenvalue weighted by Crippen LogP contribution is -1.92. The molecule has 0 amide bonds. The van der Waals surface area contributed by atoms with E-state index >= 15 is 0 Å². The molecule has 0 radical (unpaired) electrons. The van der Waals surface area contributed by atoms with Crippen molar-refractivity contribution < 1.29 is 0 Å². The maximum Gasteiger partial charge on any atom is -0.00261 e. The molecule has 0 bridgehead atoms. The summed E-state index contributed by atoms with van der Waals surface area (Å²) in [5, 5.41) is 20.7. The van der Waals surface area contributed by atoms with Gasteiger partial charge in [0.2, 0.25) is 0 Å². The molecule has 0 saturated heterocycles. The minimum absolute atomic E-state index is 1.24. The van der Waals surface area contributed by atoms with E-state index in [9.17, 15) is 0 Å². The van der Waals surface area contributed by atoms with E-state index in [0.29, 0.717) is 0 Å². The summed E-state index contributed by atoms with van der Waals surface area (Å²) in [5.74, 6) is 0. The van der Waals surface area contributed by atoms with E-state index in [0.717, 1.165) is 0 Å². The zero-order valence-corrected chi connectivity index (χ0v) is 27.3. The molecule has 0 nitrogen and oxygen atoms in total. The topological polar surface area (TPSA) is 0 Å². The highest BCUT2D eigenvalue weighted by molar-refractivity contribution is 6.29. The Bertz CT molecular complexity index is 2860. The minimum atomic E-state index is 1.24. The molecule has 0 saturated carbocycles. The highest BCUT2D eigenvalue weighted by Gasteiger charge is 2.19. The molecule has 0 atom stereocenters. The van der Waals surface area contributed by atoms with Crippen molar-refractivity contribution in [3.05, 3.63) is 182 Å². The predicted molar refractivity (Wildman–Crippen MR) is 217 cm³/mol. The van der Waals surface area contributed by atoms with Crippen LogP contribution in [0.3, 0.4) is 0 Å². The lowest BCUT2D eigenvalue weighted by Gasteiger charge is -2.19. The molecule has 0 N–H and O–H groups in total. The Labute approximate surface area is 289 Å². The Balaban J connectivity index is 1.23. The molecular weight excluding hydrogens is 601 g/mol. The second kappa shape index (κ2) is 10.5. The third-order valence-electron chi connectivity index (χ3n) is 11.0. The number of hydrogen-bond donors (Lipinski definition) is 0. The smallest absolute Gasteiger partial charge is 0.00261 e. The van der Waals surface area contributed by atoms with Crippen molar-refractivity contribution >= 4 is 86.2 Å². The van der Waals surface area contributed by atoms with Gasteiger partial charge in [-0.2, -0.15) is 0 Å². The molecule has 0 unspecified atom stereocenters. The third kappa shape index (κ3) is 3.82. The van der Waals surface area contributed by atoms with Crippen LogP contribution in [0.25, 0.3) is 108 Å². The fourth-order valence-corrected chi connectivity index (χ4v) is 8.88. The van der Waals surface area contributed by atoms with Crippen LogP contribution in [0.2, 0.25) is 0 Å². The van der Waals surface area contributed by atoms with Crippen molar-refractivity contribution in [2.24, 2.45) is 0 Å². The van der Waals surface area contributed by atoms with Gasteiger partial charge in [-0.3, -0.25) is 0 Å². The number of hydrogen-bond acceptors (Lipinski definition) is 0. The van der Waals surface area contributed by atoms with Crippen molar-refractivity contribution in [3.8, 4) is 22.3 Å². The van der Waals surface area contributed by atoms with Crippen LogP contribution in [0.4, 0.5) is 0 Å². The van der Waals surface area contributed by atoms with Gasteiger partial charge in [0.15, 0.2) is 0 Å². The first-order chi connectivity index (χ1) is 24.8. The summed E-state index contributed by atoms with van der Waals surface area (Å²) in [6.45, 7) is 0. The third-order valence-corrected chi connectivity index (χ3v) is 11.0. The molecule has 0 fully saturated rings. The Morgan fingerprint density at radius 2 is 0.360 bits per heavy atom. The molecule has 0 aliphatic heterocycles. The highest BCUT2D eigenvalue weighted by atomic mass is 14.2. The van der Waals surface area contributed by atoms with Crippen molar-refractivity contribution in [1.82, 2.24) is 0 Å². The zero-order valence-electron chi connectivity index (χ0n) is 27.3. The molecule has 0 spiro atoms. The maximum absolute atomic E-state index is 2.44. The predicted octanol–water partition coefficient (Wildman–Crippen LogP) is 14.2. The quantitative estimate of drug-likeness (QED) is 0.132. The fraction of sp³-hybridized carbons (Fsp3) is 0. The van der Waals surface area contributed by atoms with E-state index in [-0.39, 0.29) is 0 Å². The van der Waals surface area contributed by atoms with E-state index in [2.05, 4.69) is 182 Å². The first-order valence-corrected chi connectivity index (χ1v) is 17.4. The van der Waals surface area contributed by atoms with E-state index < -0.39 is 0 Å². The van der Waals surface area contributed by atoms with Gasteiger partial charge in [-0.1, -0.05) is 170 Å². The molecule has 11 aromatic carbocycles. The monoisotopic (exact) mass is 630 g/mol.